The van der Waals surface area contributed by atoms with E-state index in [2.05, 4.69) is 6.58 Å². The second-order valence-corrected chi connectivity index (χ2v) is 4.69. The van der Waals surface area contributed by atoms with Crippen molar-refractivity contribution in [3.63, 3.8) is 0 Å². The van der Waals surface area contributed by atoms with Gasteiger partial charge in [-0.1, -0.05) is 24.8 Å². The quantitative estimate of drug-likeness (QED) is 0.202. The van der Waals surface area contributed by atoms with E-state index in [0.29, 0.717) is 16.9 Å². The minimum absolute atomic E-state index is 0.0792. The van der Waals surface area contributed by atoms with Gasteiger partial charge in [0.1, 0.15) is 11.5 Å². The van der Waals surface area contributed by atoms with Crippen molar-refractivity contribution < 1.29 is 19.2 Å². The van der Waals surface area contributed by atoms with Gasteiger partial charge in [-0.05, 0) is 35.9 Å². The van der Waals surface area contributed by atoms with E-state index in [9.17, 15) is 14.9 Å². The number of ether oxygens (including phenoxy) is 2. The smallest absolute Gasteiger partial charge is 0.344 e. The predicted octanol–water partition coefficient (Wildman–Crippen LogP) is 3.78. The van der Waals surface area contributed by atoms with Crippen molar-refractivity contribution in [1.82, 2.24) is 0 Å². The first-order chi connectivity index (χ1) is 11.5. The van der Waals surface area contributed by atoms with Crippen molar-refractivity contribution in [2.24, 2.45) is 0 Å². The molecule has 0 heterocycles. The molecule has 0 N–H and O–H groups in total. The number of rotatable bonds is 6. The molecule has 0 aliphatic heterocycles. The van der Waals surface area contributed by atoms with Crippen LogP contribution in [0, 0.1) is 10.1 Å². The van der Waals surface area contributed by atoms with Gasteiger partial charge in [0.15, 0.2) is 0 Å². The Morgan fingerprint density at radius 1 is 1.17 bits per heavy atom. The maximum Gasteiger partial charge on any atom is 0.344 e. The highest BCUT2D eigenvalue weighted by Crippen LogP contribution is 2.24. The molecule has 0 aromatic heterocycles. The Balaban J connectivity index is 2.24. The first kappa shape index (κ1) is 17.0. The lowest BCUT2D eigenvalue weighted by atomic mass is 10.1. The number of esters is 1. The molecule has 122 valence electrons. The number of hydrogen-bond donors (Lipinski definition) is 0. The van der Waals surface area contributed by atoms with E-state index in [-0.39, 0.29) is 11.4 Å². The van der Waals surface area contributed by atoms with E-state index in [1.165, 1.54) is 43.5 Å². The van der Waals surface area contributed by atoms with Crippen LogP contribution in [0.5, 0.6) is 11.5 Å². The van der Waals surface area contributed by atoms with E-state index >= 15 is 0 Å². The third-order valence-corrected chi connectivity index (χ3v) is 3.14. The fraction of sp³-hybridized carbons (Fsp3) is 0.0556. The lowest BCUT2D eigenvalue weighted by Crippen LogP contribution is -2.10. The SMILES string of the molecule is C=C/C=C(/C(=O)Oc1ccc([N+](=O)[O-])cc1)c1cccc(OC)c1. The molecule has 2 rings (SSSR count). The van der Waals surface area contributed by atoms with E-state index in [1.807, 2.05) is 0 Å². The van der Waals surface area contributed by atoms with Gasteiger partial charge in [-0.15, -0.1) is 0 Å². The molecule has 0 bridgehead atoms. The zero-order chi connectivity index (χ0) is 17.5. The molecule has 0 fully saturated rings. The predicted molar refractivity (Wildman–Crippen MR) is 89.9 cm³/mol. The molecule has 0 radical (unpaired) electrons. The van der Waals surface area contributed by atoms with Crippen molar-refractivity contribution in [1.29, 1.82) is 0 Å². The van der Waals surface area contributed by atoms with Gasteiger partial charge in [-0.3, -0.25) is 10.1 Å². The number of nitro benzene ring substituents is 1. The lowest BCUT2D eigenvalue weighted by molar-refractivity contribution is -0.384. The van der Waals surface area contributed by atoms with Crippen LogP contribution < -0.4 is 9.47 Å². The fourth-order valence-corrected chi connectivity index (χ4v) is 1.99. The molecular weight excluding hydrogens is 310 g/mol. The standard InChI is InChI=1S/C18H15NO5/c1-3-5-17(13-6-4-7-16(12-13)23-2)18(20)24-15-10-8-14(9-11-15)19(21)22/h3-12H,1H2,2H3/b17-5+. The fourth-order valence-electron chi connectivity index (χ4n) is 1.99. The third kappa shape index (κ3) is 4.07. The van der Waals surface area contributed by atoms with Crippen LogP contribution in [0.4, 0.5) is 5.69 Å². The zero-order valence-corrected chi connectivity index (χ0v) is 13.0. The van der Waals surface area contributed by atoms with Crippen LogP contribution in [0.2, 0.25) is 0 Å². The molecule has 24 heavy (non-hydrogen) atoms. The van der Waals surface area contributed by atoms with Gasteiger partial charge in [0, 0.05) is 12.1 Å². The molecule has 0 unspecified atom stereocenters. The maximum absolute atomic E-state index is 12.4. The highest BCUT2D eigenvalue weighted by Gasteiger charge is 2.15. The highest BCUT2D eigenvalue weighted by molar-refractivity contribution is 6.17. The van der Waals surface area contributed by atoms with Crippen LogP contribution in [0.15, 0.2) is 67.3 Å². The van der Waals surface area contributed by atoms with Crippen LogP contribution in [-0.4, -0.2) is 18.0 Å². The van der Waals surface area contributed by atoms with Crippen molar-refractivity contribution in [3.8, 4) is 11.5 Å². The van der Waals surface area contributed by atoms with Crippen LogP contribution >= 0.6 is 0 Å². The number of benzene rings is 2. The first-order valence-electron chi connectivity index (χ1n) is 6.99. The summed E-state index contributed by atoms with van der Waals surface area (Å²) >= 11 is 0. The molecule has 2 aromatic rings. The number of allylic oxidation sites excluding steroid dienone is 2. The Morgan fingerprint density at radius 3 is 2.46 bits per heavy atom. The summed E-state index contributed by atoms with van der Waals surface area (Å²) in [5.41, 5.74) is 0.827. The van der Waals surface area contributed by atoms with Gasteiger partial charge >= 0.3 is 5.97 Å². The summed E-state index contributed by atoms with van der Waals surface area (Å²) < 4.78 is 10.4. The molecule has 6 nitrogen and oxygen atoms in total. The first-order valence-corrected chi connectivity index (χ1v) is 6.99. The molecule has 2 aromatic carbocycles. The lowest BCUT2D eigenvalue weighted by Gasteiger charge is -2.09. The Bertz CT molecular complexity index is 793. The summed E-state index contributed by atoms with van der Waals surface area (Å²) in [6, 6.07) is 12.2. The second-order valence-electron chi connectivity index (χ2n) is 4.69. The molecular formula is C18H15NO5. The van der Waals surface area contributed by atoms with E-state index in [4.69, 9.17) is 9.47 Å². The Morgan fingerprint density at radius 2 is 1.88 bits per heavy atom. The number of nitrogens with zero attached hydrogens (tertiary/aromatic N) is 1. The summed E-state index contributed by atoms with van der Waals surface area (Å²) in [7, 11) is 1.53. The Hall–Kier alpha value is -3.41. The Labute approximate surface area is 138 Å². The van der Waals surface area contributed by atoms with Gasteiger partial charge in [0.2, 0.25) is 0 Å². The van der Waals surface area contributed by atoms with E-state index < -0.39 is 10.9 Å². The number of methoxy groups -OCH3 is 1. The molecule has 0 spiro atoms. The summed E-state index contributed by atoms with van der Waals surface area (Å²) in [5, 5.41) is 10.6. The monoisotopic (exact) mass is 325 g/mol. The Kier molecular flexibility index (Phi) is 5.46. The summed E-state index contributed by atoms with van der Waals surface area (Å²) in [6.07, 6.45) is 3.01. The van der Waals surface area contributed by atoms with Crippen molar-refractivity contribution in [2.45, 2.75) is 0 Å². The van der Waals surface area contributed by atoms with Gasteiger partial charge < -0.3 is 9.47 Å². The van der Waals surface area contributed by atoms with Crippen molar-refractivity contribution >= 4 is 17.2 Å². The molecule has 0 atom stereocenters. The number of hydrogen-bond acceptors (Lipinski definition) is 5. The minimum atomic E-state index is -0.600. The molecule has 0 aliphatic carbocycles. The third-order valence-electron chi connectivity index (χ3n) is 3.14. The van der Waals surface area contributed by atoms with Gasteiger partial charge in [-0.2, -0.15) is 0 Å². The van der Waals surface area contributed by atoms with Gasteiger partial charge in [-0.25, -0.2) is 4.79 Å². The number of non-ortho nitro benzene ring substituents is 1. The summed E-state index contributed by atoms with van der Waals surface area (Å²) in [6.45, 7) is 3.60. The molecule has 0 saturated heterocycles. The summed E-state index contributed by atoms with van der Waals surface area (Å²) in [5.74, 6) is 0.214. The van der Waals surface area contributed by atoms with Crippen molar-refractivity contribution in [3.05, 3.63) is 82.9 Å². The molecule has 0 aliphatic rings. The van der Waals surface area contributed by atoms with Crippen LogP contribution in [0.25, 0.3) is 5.57 Å². The topological polar surface area (TPSA) is 78.7 Å². The average Bonchev–Trinajstić information content (AvgIpc) is 2.60. The normalized spacial score (nSPS) is 10.8. The zero-order valence-electron chi connectivity index (χ0n) is 13.0. The van der Waals surface area contributed by atoms with E-state index in [0.717, 1.165) is 0 Å². The molecule has 0 saturated carbocycles. The largest absolute Gasteiger partial charge is 0.497 e. The number of nitro groups is 1. The van der Waals surface area contributed by atoms with Gasteiger partial charge in [0.05, 0.1) is 17.6 Å². The maximum atomic E-state index is 12.4. The highest BCUT2D eigenvalue weighted by atomic mass is 16.6. The van der Waals surface area contributed by atoms with Crippen LogP contribution in [-0.2, 0) is 4.79 Å². The van der Waals surface area contributed by atoms with Crippen LogP contribution in [0.3, 0.4) is 0 Å². The van der Waals surface area contributed by atoms with Gasteiger partial charge in [0.25, 0.3) is 5.69 Å². The van der Waals surface area contributed by atoms with E-state index in [1.54, 1.807) is 24.3 Å². The second kappa shape index (κ2) is 7.73. The molecule has 6 heteroatoms. The van der Waals surface area contributed by atoms with Crippen molar-refractivity contribution in [2.75, 3.05) is 7.11 Å². The minimum Gasteiger partial charge on any atom is -0.497 e. The number of carbonyl (C=O) groups excluding carboxylic acids is 1. The van der Waals surface area contributed by atoms with Crippen LogP contribution in [0.1, 0.15) is 5.56 Å². The average molecular weight is 325 g/mol. The summed E-state index contributed by atoms with van der Waals surface area (Å²) in [4.78, 5) is 22.5. The molecule has 0 amide bonds. The number of carbonyl (C=O) groups is 1.